The van der Waals surface area contributed by atoms with Gasteiger partial charge in [-0.2, -0.15) is 0 Å². The van der Waals surface area contributed by atoms with Crippen LogP contribution in [0.1, 0.15) is 27.3 Å². The summed E-state index contributed by atoms with van der Waals surface area (Å²) in [6, 6.07) is 20.3. The Labute approximate surface area is 212 Å². The van der Waals surface area contributed by atoms with Crippen LogP contribution in [-0.2, 0) is 16.1 Å². The lowest BCUT2D eigenvalue weighted by atomic mass is 10.2. The molecule has 2 aromatic heterocycles. The number of likely N-dealkylation sites (N-methyl/N-ethyl adjacent to an activating group) is 1. The minimum atomic E-state index is -0.819. The fraction of sp³-hybridized carbons (Fsp3) is 0.185. The molecule has 0 unspecified atom stereocenters. The summed E-state index contributed by atoms with van der Waals surface area (Å²) in [5.41, 5.74) is 7.93. The number of nitrogens with one attached hydrogen (secondary N) is 1. The van der Waals surface area contributed by atoms with Gasteiger partial charge in [0.05, 0.1) is 12.1 Å². The average molecular weight is 502 g/mol. The van der Waals surface area contributed by atoms with Crippen molar-refractivity contribution in [1.29, 1.82) is 0 Å². The highest BCUT2D eigenvalue weighted by atomic mass is 16.5. The van der Waals surface area contributed by atoms with Crippen molar-refractivity contribution in [2.45, 2.75) is 20.4 Å². The molecular weight excluding hydrogens is 474 g/mol. The largest absolute Gasteiger partial charge is 0.452 e. The van der Waals surface area contributed by atoms with Gasteiger partial charge < -0.3 is 19.9 Å². The van der Waals surface area contributed by atoms with Gasteiger partial charge in [-0.1, -0.05) is 48.5 Å². The molecule has 0 radical (unpaired) electrons. The smallest absolute Gasteiger partial charge is 0.340 e. The zero-order valence-electron chi connectivity index (χ0n) is 20.7. The minimum absolute atomic E-state index is 0.101. The second-order valence-electron chi connectivity index (χ2n) is 8.55. The van der Waals surface area contributed by atoms with Crippen molar-refractivity contribution in [3.8, 4) is 5.69 Å². The number of nitrogen functional groups attached to an aromatic ring is 1. The number of carbonyl (C=O) groups is 2. The summed E-state index contributed by atoms with van der Waals surface area (Å²) in [6.07, 6.45) is 0. The highest BCUT2D eigenvalue weighted by molar-refractivity contribution is 5.98. The second-order valence-corrected chi connectivity index (χ2v) is 8.55. The molecule has 2 heterocycles. The van der Waals surface area contributed by atoms with Gasteiger partial charge in [0.1, 0.15) is 5.82 Å². The molecule has 37 heavy (non-hydrogen) atoms. The lowest BCUT2D eigenvalue weighted by Crippen LogP contribution is -2.40. The van der Waals surface area contributed by atoms with Crippen LogP contribution in [0.5, 0.6) is 0 Å². The van der Waals surface area contributed by atoms with E-state index in [1.54, 1.807) is 25.1 Å². The third-order valence-electron chi connectivity index (χ3n) is 6.10. The van der Waals surface area contributed by atoms with Crippen LogP contribution < -0.4 is 21.9 Å². The normalized spacial score (nSPS) is 10.8. The lowest BCUT2D eigenvalue weighted by molar-refractivity contribution is -0.121. The molecule has 4 aromatic rings. The monoisotopic (exact) mass is 501 g/mol. The number of amides is 1. The first-order valence-electron chi connectivity index (χ1n) is 11.5. The van der Waals surface area contributed by atoms with Gasteiger partial charge in [-0.25, -0.2) is 9.59 Å². The van der Waals surface area contributed by atoms with E-state index in [0.29, 0.717) is 11.3 Å². The van der Waals surface area contributed by atoms with Crippen LogP contribution in [0.4, 0.5) is 11.5 Å². The molecule has 0 bridgehead atoms. The SMILES string of the molecule is Cc1cc(C(=O)OCC(=O)N(C)c2c(N)n(Cc3ccccc3)c(=O)[nH]c2=O)c(C)n1-c1ccccc1. The first-order valence-corrected chi connectivity index (χ1v) is 11.5. The predicted octanol–water partition coefficient (Wildman–Crippen LogP) is 2.39. The molecule has 10 heteroatoms. The first-order chi connectivity index (χ1) is 17.7. The van der Waals surface area contributed by atoms with Gasteiger partial charge in [-0.15, -0.1) is 0 Å². The van der Waals surface area contributed by atoms with Crippen LogP contribution >= 0.6 is 0 Å². The van der Waals surface area contributed by atoms with Gasteiger partial charge in [0.2, 0.25) is 0 Å². The third kappa shape index (κ3) is 5.08. The molecule has 0 spiro atoms. The molecule has 2 aromatic carbocycles. The van der Waals surface area contributed by atoms with Crippen molar-refractivity contribution in [3.05, 3.63) is 110 Å². The molecule has 0 aliphatic heterocycles. The number of H-pyrrole nitrogens is 1. The molecule has 0 saturated carbocycles. The van der Waals surface area contributed by atoms with E-state index in [0.717, 1.165) is 21.8 Å². The standard InChI is InChI=1S/C27H27N5O5/c1-17-14-21(18(2)32(17)20-12-8-5-9-13-20)26(35)37-16-22(33)30(3)23-24(28)31(27(36)29-25(23)34)15-19-10-6-4-7-11-19/h4-14H,15-16,28H2,1-3H3,(H,29,34,36). The summed E-state index contributed by atoms with van der Waals surface area (Å²) in [7, 11) is 1.33. The maximum Gasteiger partial charge on any atom is 0.340 e. The topological polar surface area (TPSA) is 132 Å². The number of hydrogen-bond donors (Lipinski definition) is 2. The molecule has 4 rings (SSSR count). The number of rotatable bonds is 7. The Morgan fingerprint density at radius 1 is 1.00 bits per heavy atom. The molecule has 190 valence electrons. The molecule has 0 saturated heterocycles. The molecule has 0 aliphatic carbocycles. The quantitative estimate of drug-likeness (QED) is 0.374. The van der Waals surface area contributed by atoms with E-state index < -0.39 is 29.7 Å². The van der Waals surface area contributed by atoms with Gasteiger partial charge >= 0.3 is 11.7 Å². The number of nitrogens with two attached hydrogens (primary N) is 1. The van der Waals surface area contributed by atoms with E-state index >= 15 is 0 Å². The van der Waals surface area contributed by atoms with Crippen molar-refractivity contribution < 1.29 is 14.3 Å². The molecule has 0 atom stereocenters. The molecule has 3 N–H and O–H groups in total. The van der Waals surface area contributed by atoms with Gasteiger partial charge in [-0.3, -0.25) is 19.1 Å². The third-order valence-corrected chi connectivity index (χ3v) is 6.10. The zero-order valence-corrected chi connectivity index (χ0v) is 20.7. The van der Waals surface area contributed by atoms with Crippen molar-refractivity contribution in [2.24, 2.45) is 0 Å². The van der Waals surface area contributed by atoms with Crippen LogP contribution in [-0.4, -0.2) is 39.6 Å². The number of benzene rings is 2. The Morgan fingerprint density at radius 2 is 1.62 bits per heavy atom. The van der Waals surface area contributed by atoms with E-state index in [9.17, 15) is 19.2 Å². The Kier molecular flexibility index (Phi) is 7.10. The van der Waals surface area contributed by atoms with Crippen LogP contribution in [0.25, 0.3) is 5.69 Å². The molecule has 0 aliphatic rings. The summed E-state index contributed by atoms with van der Waals surface area (Å²) in [5.74, 6) is -1.54. The first kappa shape index (κ1) is 25.2. The van der Waals surface area contributed by atoms with E-state index in [1.165, 1.54) is 11.6 Å². The van der Waals surface area contributed by atoms with E-state index in [4.69, 9.17) is 10.5 Å². The summed E-state index contributed by atoms with van der Waals surface area (Å²) in [6.45, 7) is 3.14. The fourth-order valence-electron chi connectivity index (χ4n) is 4.19. The van der Waals surface area contributed by atoms with Crippen molar-refractivity contribution >= 4 is 23.4 Å². The van der Waals surface area contributed by atoms with Crippen LogP contribution in [0.2, 0.25) is 0 Å². The number of aryl methyl sites for hydroxylation is 1. The summed E-state index contributed by atoms with van der Waals surface area (Å²) in [5, 5.41) is 0. The Hall–Kier alpha value is -4.86. The van der Waals surface area contributed by atoms with E-state index in [1.807, 2.05) is 60.0 Å². The van der Waals surface area contributed by atoms with Crippen LogP contribution in [0, 0.1) is 13.8 Å². The Bertz CT molecular complexity index is 1570. The second kappa shape index (κ2) is 10.4. The van der Waals surface area contributed by atoms with Crippen LogP contribution in [0.15, 0.2) is 76.3 Å². The summed E-state index contributed by atoms with van der Waals surface area (Å²) < 4.78 is 8.37. The van der Waals surface area contributed by atoms with Gasteiger partial charge in [0, 0.05) is 24.1 Å². The number of esters is 1. The Balaban J connectivity index is 1.52. The van der Waals surface area contributed by atoms with Crippen molar-refractivity contribution in [1.82, 2.24) is 14.1 Å². The molecule has 0 fully saturated rings. The highest BCUT2D eigenvalue weighted by Gasteiger charge is 2.24. The Morgan fingerprint density at radius 3 is 2.27 bits per heavy atom. The number of aromatic amines is 1. The zero-order chi connectivity index (χ0) is 26.7. The number of hydrogen-bond acceptors (Lipinski definition) is 6. The van der Waals surface area contributed by atoms with Gasteiger partial charge in [-0.05, 0) is 37.6 Å². The highest BCUT2D eigenvalue weighted by Crippen LogP contribution is 2.22. The minimum Gasteiger partial charge on any atom is -0.452 e. The van der Waals surface area contributed by atoms with Gasteiger partial charge in [0.25, 0.3) is 11.5 Å². The number of para-hydroxylation sites is 1. The fourth-order valence-corrected chi connectivity index (χ4v) is 4.19. The number of nitrogens with zero attached hydrogens (tertiary/aromatic N) is 3. The number of carbonyl (C=O) groups excluding carboxylic acids is 2. The van der Waals surface area contributed by atoms with Crippen molar-refractivity contribution in [3.63, 3.8) is 0 Å². The maximum atomic E-state index is 12.9. The number of ether oxygens (including phenoxy) is 1. The predicted molar refractivity (Wildman–Crippen MR) is 140 cm³/mol. The summed E-state index contributed by atoms with van der Waals surface area (Å²) >= 11 is 0. The maximum absolute atomic E-state index is 12.9. The van der Waals surface area contributed by atoms with E-state index in [-0.39, 0.29) is 18.1 Å². The number of anilines is 2. The lowest BCUT2D eigenvalue weighted by Gasteiger charge is -2.20. The molecular formula is C27H27N5O5. The average Bonchev–Trinajstić information content (AvgIpc) is 3.19. The molecule has 10 nitrogen and oxygen atoms in total. The van der Waals surface area contributed by atoms with Gasteiger partial charge in [0.15, 0.2) is 12.3 Å². The van der Waals surface area contributed by atoms with E-state index in [2.05, 4.69) is 4.98 Å². The van der Waals surface area contributed by atoms with Crippen molar-refractivity contribution in [2.75, 3.05) is 24.3 Å². The van der Waals surface area contributed by atoms with Crippen LogP contribution in [0.3, 0.4) is 0 Å². The summed E-state index contributed by atoms with van der Waals surface area (Å²) in [4.78, 5) is 53.8. The number of aromatic nitrogens is 3. The molecule has 1 amide bonds.